The SMILES string of the molecule is CCc1ncc(C(=O)N2CC[C@@]34OCCN3C(=O)C[C@@H]24)cn1. The molecule has 116 valence electrons. The largest absolute Gasteiger partial charge is 0.351 e. The van der Waals surface area contributed by atoms with E-state index >= 15 is 0 Å². The van der Waals surface area contributed by atoms with Crippen LogP contribution in [0.25, 0.3) is 0 Å². The molecule has 4 rings (SSSR count). The lowest BCUT2D eigenvalue weighted by Crippen LogP contribution is -2.48. The predicted octanol–water partition coefficient (Wildman–Crippen LogP) is 0.212. The van der Waals surface area contributed by atoms with Gasteiger partial charge in [-0.2, -0.15) is 0 Å². The highest BCUT2D eigenvalue weighted by molar-refractivity contribution is 5.95. The third kappa shape index (κ3) is 1.71. The molecule has 0 radical (unpaired) electrons. The van der Waals surface area contributed by atoms with Crippen molar-refractivity contribution in [2.24, 2.45) is 0 Å². The van der Waals surface area contributed by atoms with Crippen molar-refractivity contribution < 1.29 is 14.3 Å². The molecule has 1 aromatic heterocycles. The first kappa shape index (κ1) is 13.6. The Hall–Kier alpha value is -2.02. The number of hydrogen-bond donors (Lipinski definition) is 0. The average Bonchev–Trinajstić information content (AvgIpc) is 3.18. The maximum absolute atomic E-state index is 12.7. The van der Waals surface area contributed by atoms with E-state index in [-0.39, 0.29) is 17.9 Å². The van der Waals surface area contributed by atoms with Crippen molar-refractivity contribution in [2.45, 2.75) is 38.0 Å². The molecule has 22 heavy (non-hydrogen) atoms. The van der Waals surface area contributed by atoms with Gasteiger partial charge >= 0.3 is 0 Å². The molecule has 3 aliphatic rings. The van der Waals surface area contributed by atoms with E-state index in [0.29, 0.717) is 38.1 Å². The molecule has 1 spiro atoms. The molecule has 0 N–H and O–H groups in total. The van der Waals surface area contributed by atoms with E-state index in [4.69, 9.17) is 4.74 Å². The number of carbonyl (C=O) groups is 2. The normalized spacial score (nSPS) is 29.9. The Labute approximate surface area is 128 Å². The zero-order valence-corrected chi connectivity index (χ0v) is 12.5. The molecule has 4 heterocycles. The average molecular weight is 302 g/mol. The summed E-state index contributed by atoms with van der Waals surface area (Å²) < 4.78 is 5.89. The number of likely N-dealkylation sites (tertiary alicyclic amines) is 1. The zero-order valence-electron chi connectivity index (χ0n) is 12.5. The topological polar surface area (TPSA) is 75.6 Å². The lowest BCUT2D eigenvalue weighted by molar-refractivity contribution is -0.136. The summed E-state index contributed by atoms with van der Waals surface area (Å²) >= 11 is 0. The lowest BCUT2D eigenvalue weighted by atomic mass is 10.1. The quantitative estimate of drug-likeness (QED) is 0.781. The summed E-state index contributed by atoms with van der Waals surface area (Å²) in [6.45, 7) is 3.75. The van der Waals surface area contributed by atoms with Gasteiger partial charge in [-0.05, 0) is 0 Å². The van der Waals surface area contributed by atoms with Crippen molar-refractivity contribution in [1.29, 1.82) is 0 Å². The van der Waals surface area contributed by atoms with Gasteiger partial charge in [-0.25, -0.2) is 9.97 Å². The number of carbonyl (C=O) groups excluding carboxylic acids is 2. The van der Waals surface area contributed by atoms with Crippen LogP contribution in [0.15, 0.2) is 12.4 Å². The van der Waals surface area contributed by atoms with Crippen molar-refractivity contribution >= 4 is 11.8 Å². The molecule has 2 amide bonds. The van der Waals surface area contributed by atoms with Crippen LogP contribution in [0.4, 0.5) is 0 Å². The zero-order chi connectivity index (χ0) is 15.3. The first-order valence-corrected chi connectivity index (χ1v) is 7.72. The van der Waals surface area contributed by atoms with Gasteiger partial charge in [0.1, 0.15) is 5.82 Å². The standard InChI is InChI=1S/C15H18N4O3/c1-2-12-16-8-10(9-17-12)14(21)18-4-3-15-11(18)7-13(20)19(15)5-6-22-15/h8-9,11H,2-7H2,1H3/t11-,15+/m1/s1. The van der Waals surface area contributed by atoms with Gasteiger partial charge in [-0.15, -0.1) is 0 Å². The van der Waals surface area contributed by atoms with E-state index in [0.717, 1.165) is 12.2 Å². The van der Waals surface area contributed by atoms with Gasteiger partial charge < -0.3 is 14.5 Å². The number of aromatic nitrogens is 2. The fraction of sp³-hybridized carbons (Fsp3) is 0.600. The van der Waals surface area contributed by atoms with Gasteiger partial charge in [-0.3, -0.25) is 9.59 Å². The van der Waals surface area contributed by atoms with Crippen molar-refractivity contribution in [3.05, 3.63) is 23.8 Å². The van der Waals surface area contributed by atoms with Crippen molar-refractivity contribution in [1.82, 2.24) is 19.8 Å². The van der Waals surface area contributed by atoms with Crippen LogP contribution in [0, 0.1) is 0 Å². The van der Waals surface area contributed by atoms with Gasteiger partial charge in [0.2, 0.25) is 5.91 Å². The van der Waals surface area contributed by atoms with Crippen LogP contribution in [0.2, 0.25) is 0 Å². The van der Waals surface area contributed by atoms with E-state index in [1.165, 1.54) is 0 Å². The summed E-state index contributed by atoms with van der Waals surface area (Å²) in [6, 6.07) is -0.194. The number of amides is 2. The molecule has 3 aliphatic heterocycles. The Balaban J connectivity index is 1.61. The van der Waals surface area contributed by atoms with Crippen LogP contribution in [0.5, 0.6) is 0 Å². The molecular formula is C15H18N4O3. The lowest BCUT2D eigenvalue weighted by Gasteiger charge is -2.31. The van der Waals surface area contributed by atoms with E-state index < -0.39 is 5.72 Å². The molecule has 3 saturated heterocycles. The van der Waals surface area contributed by atoms with E-state index in [1.54, 1.807) is 17.3 Å². The molecule has 7 heteroatoms. The van der Waals surface area contributed by atoms with Gasteiger partial charge in [0.25, 0.3) is 5.91 Å². The second kappa shape index (κ2) is 4.74. The predicted molar refractivity (Wildman–Crippen MR) is 75.9 cm³/mol. The van der Waals surface area contributed by atoms with Crippen molar-refractivity contribution in [3.8, 4) is 0 Å². The number of ether oxygens (including phenoxy) is 1. The minimum atomic E-state index is -0.586. The van der Waals surface area contributed by atoms with Gasteiger partial charge in [0.15, 0.2) is 5.72 Å². The molecule has 0 bridgehead atoms. The summed E-state index contributed by atoms with van der Waals surface area (Å²) in [5.41, 5.74) is -0.116. The van der Waals surface area contributed by atoms with E-state index in [1.807, 2.05) is 11.8 Å². The van der Waals surface area contributed by atoms with E-state index in [9.17, 15) is 9.59 Å². The fourth-order valence-electron chi connectivity index (χ4n) is 3.85. The second-order valence-corrected chi connectivity index (χ2v) is 5.95. The number of rotatable bonds is 2. The summed E-state index contributed by atoms with van der Waals surface area (Å²) in [6.07, 6.45) is 4.91. The minimum Gasteiger partial charge on any atom is -0.351 e. The van der Waals surface area contributed by atoms with Gasteiger partial charge in [-0.1, -0.05) is 6.92 Å². The van der Waals surface area contributed by atoms with Crippen LogP contribution >= 0.6 is 0 Å². The summed E-state index contributed by atoms with van der Waals surface area (Å²) in [5, 5.41) is 0. The minimum absolute atomic E-state index is 0.0811. The molecular weight excluding hydrogens is 284 g/mol. The van der Waals surface area contributed by atoms with Crippen molar-refractivity contribution in [2.75, 3.05) is 19.7 Å². The molecule has 1 aromatic rings. The molecule has 0 aliphatic carbocycles. The first-order chi connectivity index (χ1) is 10.7. The monoisotopic (exact) mass is 302 g/mol. The number of aryl methyl sites for hydroxylation is 1. The summed E-state index contributed by atoms with van der Waals surface area (Å²) in [4.78, 5) is 36.8. The van der Waals surface area contributed by atoms with Gasteiger partial charge in [0, 0.05) is 38.3 Å². The second-order valence-electron chi connectivity index (χ2n) is 5.95. The van der Waals surface area contributed by atoms with Crippen molar-refractivity contribution in [3.63, 3.8) is 0 Å². The smallest absolute Gasteiger partial charge is 0.257 e. The van der Waals surface area contributed by atoms with Gasteiger partial charge in [0.05, 0.1) is 24.6 Å². The molecule has 0 aromatic carbocycles. The highest BCUT2D eigenvalue weighted by atomic mass is 16.5. The van der Waals surface area contributed by atoms with E-state index in [2.05, 4.69) is 9.97 Å². The molecule has 0 saturated carbocycles. The summed E-state index contributed by atoms with van der Waals surface area (Å²) in [7, 11) is 0. The van der Waals surface area contributed by atoms with Crippen LogP contribution in [0.1, 0.15) is 35.9 Å². The molecule has 3 fully saturated rings. The Morgan fingerprint density at radius 1 is 1.41 bits per heavy atom. The fourth-order valence-corrected chi connectivity index (χ4v) is 3.85. The van der Waals surface area contributed by atoms with Crippen LogP contribution < -0.4 is 0 Å². The molecule has 7 nitrogen and oxygen atoms in total. The highest BCUT2D eigenvalue weighted by Crippen LogP contribution is 2.45. The number of nitrogens with zero attached hydrogens (tertiary/aromatic N) is 4. The van der Waals surface area contributed by atoms with Crippen LogP contribution in [-0.4, -0.2) is 63.0 Å². The third-order valence-electron chi connectivity index (χ3n) is 4.93. The Morgan fingerprint density at radius 2 is 2.18 bits per heavy atom. The third-order valence-corrected chi connectivity index (χ3v) is 4.93. The maximum Gasteiger partial charge on any atom is 0.257 e. The van der Waals surface area contributed by atoms with Crippen LogP contribution in [0.3, 0.4) is 0 Å². The summed E-state index contributed by atoms with van der Waals surface area (Å²) in [5.74, 6) is 0.683. The Morgan fingerprint density at radius 3 is 2.91 bits per heavy atom. The Bertz CT molecular complexity index is 632. The molecule has 2 atom stereocenters. The Kier molecular flexibility index (Phi) is 2.94. The first-order valence-electron chi connectivity index (χ1n) is 7.72. The van der Waals surface area contributed by atoms with Crippen LogP contribution in [-0.2, 0) is 16.0 Å². The maximum atomic E-state index is 12.7. The highest BCUT2D eigenvalue weighted by Gasteiger charge is 2.62. The molecule has 0 unspecified atom stereocenters. The number of hydrogen-bond acceptors (Lipinski definition) is 5.